The van der Waals surface area contributed by atoms with Crippen molar-refractivity contribution in [2.45, 2.75) is 53.9 Å². The van der Waals surface area contributed by atoms with Gasteiger partial charge in [0.2, 0.25) is 0 Å². The van der Waals surface area contributed by atoms with Gasteiger partial charge in [0, 0.05) is 10.9 Å². The van der Waals surface area contributed by atoms with E-state index in [0.29, 0.717) is 5.92 Å². The monoisotopic (exact) mass is 461 g/mol. The molecule has 0 unspecified atom stereocenters. The third kappa shape index (κ3) is 3.32. The molecular formula is C32H33N2O+. The number of ether oxygens (including phenoxy) is 1. The molecule has 1 aromatic heterocycles. The lowest BCUT2D eigenvalue weighted by Gasteiger charge is -2.29. The highest BCUT2D eigenvalue weighted by molar-refractivity contribution is 6.12. The standard InChI is InChI=1S/C32H33N2O/c1-18(2)20-12-13-23-21(14-20)15-26-28-29(34(7)17-33-26)27-19(3)22-10-8-9-11-24(22)25(16-32(4,5)6)31(27)35-30(23)28/h8-15,17-18H,16H2,1-7H3/q+1. The minimum absolute atomic E-state index is 0.121. The Balaban J connectivity index is 1.79. The van der Waals surface area contributed by atoms with Crippen LogP contribution in [0.5, 0.6) is 11.5 Å². The fraction of sp³-hybridized carbons (Fsp3) is 0.312. The van der Waals surface area contributed by atoms with Crippen LogP contribution in [0.25, 0.3) is 43.7 Å². The fourth-order valence-electron chi connectivity index (χ4n) is 5.72. The van der Waals surface area contributed by atoms with Gasteiger partial charge in [0.05, 0.1) is 12.6 Å². The molecule has 0 saturated carbocycles. The van der Waals surface area contributed by atoms with E-state index in [1.807, 2.05) is 6.33 Å². The van der Waals surface area contributed by atoms with Gasteiger partial charge in [-0.1, -0.05) is 77.1 Å². The topological polar surface area (TPSA) is 26.0 Å². The highest BCUT2D eigenvalue weighted by atomic mass is 16.5. The van der Waals surface area contributed by atoms with E-state index in [1.54, 1.807) is 0 Å². The molecule has 176 valence electrons. The Morgan fingerprint density at radius 3 is 2.40 bits per heavy atom. The molecule has 1 aliphatic rings. The number of nitrogens with zero attached hydrogens (tertiary/aromatic N) is 2. The van der Waals surface area contributed by atoms with Crippen molar-refractivity contribution in [1.82, 2.24) is 4.98 Å². The zero-order valence-electron chi connectivity index (χ0n) is 21.8. The lowest BCUT2D eigenvalue weighted by molar-refractivity contribution is -0.662. The highest BCUT2D eigenvalue weighted by Crippen LogP contribution is 2.53. The van der Waals surface area contributed by atoms with E-state index in [4.69, 9.17) is 9.72 Å². The molecule has 6 rings (SSSR count). The molecule has 3 heteroatoms. The molecule has 1 aliphatic heterocycles. The summed E-state index contributed by atoms with van der Waals surface area (Å²) in [4.78, 5) is 4.84. The number of fused-ring (bicyclic) bond motifs is 5. The largest absolute Gasteiger partial charge is 0.455 e. The first-order valence-electron chi connectivity index (χ1n) is 12.6. The average molecular weight is 462 g/mol. The van der Waals surface area contributed by atoms with Crippen molar-refractivity contribution in [2.24, 2.45) is 12.5 Å². The molecule has 0 N–H and O–H groups in total. The zero-order chi connectivity index (χ0) is 24.6. The number of aromatic nitrogens is 2. The summed E-state index contributed by atoms with van der Waals surface area (Å²) in [6, 6.07) is 17.8. The normalized spacial score (nSPS) is 13.0. The van der Waals surface area contributed by atoms with Crippen LogP contribution in [-0.4, -0.2) is 4.98 Å². The molecule has 0 saturated heterocycles. The van der Waals surface area contributed by atoms with Crippen molar-refractivity contribution < 1.29 is 9.30 Å². The lowest BCUT2D eigenvalue weighted by atomic mass is 9.81. The summed E-state index contributed by atoms with van der Waals surface area (Å²) in [6.07, 6.45) is 2.89. The maximum absolute atomic E-state index is 7.03. The molecule has 0 radical (unpaired) electrons. The van der Waals surface area contributed by atoms with Gasteiger partial charge in [-0.05, 0) is 63.0 Å². The summed E-state index contributed by atoms with van der Waals surface area (Å²) in [5, 5.41) is 6.02. The second-order valence-electron chi connectivity index (χ2n) is 11.6. The number of rotatable bonds is 2. The summed E-state index contributed by atoms with van der Waals surface area (Å²) < 4.78 is 9.20. The molecule has 4 aromatic carbocycles. The minimum atomic E-state index is 0.121. The Morgan fingerprint density at radius 2 is 1.69 bits per heavy atom. The van der Waals surface area contributed by atoms with E-state index < -0.39 is 0 Å². The van der Waals surface area contributed by atoms with Crippen molar-refractivity contribution in [3.8, 4) is 22.8 Å². The van der Waals surface area contributed by atoms with Crippen LogP contribution in [0.1, 0.15) is 57.2 Å². The Hall–Kier alpha value is -3.46. The number of aryl methyl sites for hydroxylation is 2. The van der Waals surface area contributed by atoms with Gasteiger partial charge in [-0.2, -0.15) is 0 Å². The van der Waals surface area contributed by atoms with Crippen LogP contribution in [-0.2, 0) is 13.5 Å². The van der Waals surface area contributed by atoms with Gasteiger partial charge < -0.3 is 4.74 Å². The molecule has 3 nitrogen and oxygen atoms in total. The summed E-state index contributed by atoms with van der Waals surface area (Å²) in [5.41, 5.74) is 7.38. The van der Waals surface area contributed by atoms with Crippen molar-refractivity contribution in [3.05, 3.63) is 71.5 Å². The van der Waals surface area contributed by atoms with Gasteiger partial charge in [0.15, 0.2) is 17.0 Å². The maximum atomic E-state index is 7.03. The second kappa shape index (κ2) is 7.52. The Morgan fingerprint density at radius 1 is 0.943 bits per heavy atom. The van der Waals surface area contributed by atoms with E-state index >= 15 is 0 Å². The molecule has 0 atom stereocenters. The van der Waals surface area contributed by atoms with Crippen LogP contribution in [0.2, 0.25) is 0 Å². The summed E-state index contributed by atoms with van der Waals surface area (Å²) in [7, 11) is 2.10. The van der Waals surface area contributed by atoms with E-state index in [1.165, 1.54) is 44.1 Å². The van der Waals surface area contributed by atoms with E-state index in [0.717, 1.165) is 34.2 Å². The second-order valence-corrected chi connectivity index (χ2v) is 11.6. The lowest BCUT2D eigenvalue weighted by Crippen LogP contribution is -2.33. The first-order valence-corrected chi connectivity index (χ1v) is 12.6. The van der Waals surface area contributed by atoms with Crippen molar-refractivity contribution in [3.63, 3.8) is 0 Å². The van der Waals surface area contributed by atoms with Gasteiger partial charge in [0.1, 0.15) is 11.1 Å². The van der Waals surface area contributed by atoms with Gasteiger partial charge >= 0.3 is 0 Å². The Kier molecular flexibility index (Phi) is 4.73. The molecule has 0 bridgehead atoms. The van der Waals surface area contributed by atoms with Gasteiger partial charge in [0.25, 0.3) is 6.33 Å². The fourth-order valence-corrected chi connectivity index (χ4v) is 5.72. The number of hydrogen-bond acceptors (Lipinski definition) is 2. The molecule has 0 amide bonds. The molecule has 0 spiro atoms. The van der Waals surface area contributed by atoms with Crippen molar-refractivity contribution >= 4 is 32.4 Å². The molecule has 0 fully saturated rings. The smallest absolute Gasteiger partial charge is 0.287 e. The Labute approximate surface area is 207 Å². The number of hydrogen-bond donors (Lipinski definition) is 0. The van der Waals surface area contributed by atoms with E-state index in [2.05, 4.69) is 102 Å². The SMILES string of the molecule is Cc1c2c(c(CC(C)(C)C)c3ccccc13)Oc1c3ccc(C(C)C)cc3cc3nc[n+](C)c-2c13. The predicted octanol–water partition coefficient (Wildman–Crippen LogP) is 8.16. The summed E-state index contributed by atoms with van der Waals surface area (Å²) in [5.74, 6) is 2.41. The van der Waals surface area contributed by atoms with Crippen LogP contribution in [0.15, 0.2) is 54.9 Å². The maximum Gasteiger partial charge on any atom is 0.287 e. The van der Waals surface area contributed by atoms with Gasteiger partial charge in [-0.3, -0.25) is 0 Å². The summed E-state index contributed by atoms with van der Waals surface area (Å²) in [6.45, 7) is 13.6. The molecule has 0 aliphatic carbocycles. The molecular weight excluding hydrogens is 428 g/mol. The Bertz CT molecular complexity index is 1670. The van der Waals surface area contributed by atoms with Gasteiger partial charge in [-0.25, -0.2) is 4.57 Å². The van der Waals surface area contributed by atoms with E-state index in [9.17, 15) is 0 Å². The highest BCUT2D eigenvalue weighted by Gasteiger charge is 2.34. The van der Waals surface area contributed by atoms with E-state index in [-0.39, 0.29) is 5.41 Å². The van der Waals surface area contributed by atoms with Gasteiger partial charge in [-0.15, -0.1) is 0 Å². The van der Waals surface area contributed by atoms with Crippen molar-refractivity contribution in [1.29, 1.82) is 0 Å². The van der Waals surface area contributed by atoms with Crippen LogP contribution in [0.4, 0.5) is 0 Å². The number of benzene rings is 4. The van der Waals surface area contributed by atoms with Crippen LogP contribution in [0.3, 0.4) is 0 Å². The summed E-state index contributed by atoms with van der Waals surface area (Å²) >= 11 is 0. The first-order chi connectivity index (χ1) is 16.6. The first kappa shape index (κ1) is 22.0. The third-order valence-electron chi connectivity index (χ3n) is 7.40. The van der Waals surface area contributed by atoms with Crippen LogP contribution < -0.4 is 9.30 Å². The predicted molar refractivity (Wildman–Crippen MR) is 145 cm³/mol. The quantitative estimate of drug-likeness (QED) is 0.192. The zero-order valence-corrected chi connectivity index (χ0v) is 21.8. The third-order valence-corrected chi connectivity index (χ3v) is 7.40. The van der Waals surface area contributed by atoms with Crippen LogP contribution >= 0.6 is 0 Å². The van der Waals surface area contributed by atoms with Crippen molar-refractivity contribution in [2.75, 3.05) is 0 Å². The average Bonchev–Trinajstić information content (AvgIpc) is 2.82. The molecule has 35 heavy (non-hydrogen) atoms. The minimum Gasteiger partial charge on any atom is -0.455 e. The molecule has 5 aromatic rings. The van der Waals surface area contributed by atoms with Crippen LogP contribution in [0, 0.1) is 12.3 Å². The molecule has 2 heterocycles.